The minimum atomic E-state index is -0.206. The lowest BCUT2D eigenvalue weighted by molar-refractivity contribution is 0.0239. The van der Waals surface area contributed by atoms with E-state index in [9.17, 15) is 4.39 Å². The number of benzene rings is 1. The van der Waals surface area contributed by atoms with Gasteiger partial charge in [-0.1, -0.05) is 17.3 Å². The van der Waals surface area contributed by atoms with Crippen LogP contribution in [0, 0.1) is 5.82 Å². The highest BCUT2D eigenvalue weighted by Gasteiger charge is 2.30. The first-order valence-electron chi connectivity index (χ1n) is 8.66. The largest absolute Gasteiger partial charge is 0.381 e. The Bertz CT molecular complexity index is 663. The summed E-state index contributed by atoms with van der Waals surface area (Å²) < 4.78 is 24.1. The zero-order chi connectivity index (χ0) is 16.4. The average Bonchev–Trinajstić information content (AvgIpc) is 3.36. The van der Waals surface area contributed by atoms with Gasteiger partial charge in [-0.15, -0.1) is 0 Å². The first-order chi connectivity index (χ1) is 11.8. The van der Waals surface area contributed by atoms with Crippen LogP contribution in [0.2, 0.25) is 0 Å². The van der Waals surface area contributed by atoms with Crippen LogP contribution in [0.3, 0.4) is 0 Å². The minimum absolute atomic E-state index is 0.206. The molecule has 1 saturated carbocycles. The van der Waals surface area contributed by atoms with Crippen LogP contribution in [0.15, 0.2) is 28.8 Å². The van der Waals surface area contributed by atoms with Crippen molar-refractivity contribution in [2.75, 3.05) is 13.2 Å². The molecule has 0 radical (unpaired) electrons. The van der Waals surface area contributed by atoms with E-state index in [2.05, 4.69) is 15.0 Å². The molecule has 0 unspecified atom stereocenters. The summed E-state index contributed by atoms with van der Waals surface area (Å²) in [4.78, 5) is 6.90. The summed E-state index contributed by atoms with van der Waals surface area (Å²) in [6.07, 6.45) is 4.31. The fraction of sp³-hybridized carbons (Fsp3) is 0.556. The number of rotatable bonds is 6. The van der Waals surface area contributed by atoms with Gasteiger partial charge in [-0.3, -0.25) is 4.90 Å². The van der Waals surface area contributed by atoms with Crippen LogP contribution in [-0.2, 0) is 17.8 Å². The van der Waals surface area contributed by atoms with Crippen molar-refractivity contribution in [2.45, 2.75) is 50.7 Å². The van der Waals surface area contributed by atoms with Gasteiger partial charge in [0, 0.05) is 31.7 Å². The minimum Gasteiger partial charge on any atom is -0.381 e. The lowest BCUT2D eigenvalue weighted by Gasteiger charge is -2.33. The fourth-order valence-corrected chi connectivity index (χ4v) is 3.20. The molecule has 6 heteroatoms. The highest BCUT2D eigenvalue weighted by Crippen LogP contribution is 2.38. The third kappa shape index (κ3) is 3.82. The molecule has 2 aliphatic rings. The van der Waals surface area contributed by atoms with E-state index in [4.69, 9.17) is 9.26 Å². The van der Waals surface area contributed by atoms with Crippen molar-refractivity contribution in [3.63, 3.8) is 0 Å². The lowest BCUT2D eigenvalue weighted by Crippen LogP contribution is -2.38. The van der Waals surface area contributed by atoms with E-state index in [0.717, 1.165) is 56.8 Å². The predicted molar refractivity (Wildman–Crippen MR) is 85.8 cm³/mol. The summed E-state index contributed by atoms with van der Waals surface area (Å²) in [5.41, 5.74) is 1.09. The van der Waals surface area contributed by atoms with E-state index in [1.165, 1.54) is 12.1 Å². The number of ether oxygens (including phenoxy) is 1. The second-order valence-corrected chi connectivity index (χ2v) is 6.70. The summed E-state index contributed by atoms with van der Waals surface area (Å²) in [6, 6.07) is 7.11. The van der Waals surface area contributed by atoms with Crippen LogP contribution in [0.1, 0.15) is 48.9 Å². The van der Waals surface area contributed by atoms with Crippen LogP contribution in [0.5, 0.6) is 0 Å². The predicted octanol–water partition coefficient (Wildman–Crippen LogP) is 3.27. The maximum Gasteiger partial charge on any atom is 0.240 e. The second kappa shape index (κ2) is 6.99. The molecule has 2 fully saturated rings. The lowest BCUT2D eigenvalue weighted by atomic mass is 10.1. The Labute approximate surface area is 140 Å². The van der Waals surface area contributed by atoms with Gasteiger partial charge in [0.05, 0.1) is 6.54 Å². The first-order valence-corrected chi connectivity index (χ1v) is 8.66. The van der Waals surface area contributed by atoms with Crippen molar-refractivity contribution >= 4 is 0 Å². The molecule has 0 spiro atoms. The zero-order valence-corrected chi connectivity index (χ0v) is 13.7. The Morgan fingerprint density at radius 3 is 2.50 bits per heavy atom. The smallest absolute Gasteiger partial charge is 0.240 e. The van der Waals surface area contributed by atoms with Gasteiger partial charge in [-0.2, -0.15) is 4.98 Å². The van der Waals surface area contributed by atoms with Crippen molar-refractivity contribution in [3.8, 4) is 0 Å². The van der Waals surface area contributed by atoms with E-state index in [1.807, 2.05) is 12.1 Å². The zero-order valence-electron chi connectivity index (χ0n) is 13.7. The number of halogens is 1. The van der Waals surface area contributed by atoms with Gasteiger partial charge < -0.3 is 9.26 Å². The van der Waals surface area contributed by atoms with E-state index >= 15 is 0 Å². The highest BCUT2D eigenvalue weighted by molar-refractivity contribution is 5.16. The van der Waals surface area contributed by atoms with Gasteiger partial charge in [0.15, 0.2) is 5.82 Å². The highest BCUT2D eigenvalue weighted by atomic mass is 19.1. The molecular formula is C18H22FN3O2. The maximum absolute atomic E-state index is 13.1. The van der Waals surface area contributed by atoms with Crippen LogP contribution >= 0.6 is 0 Å². The molecule has 0 bridgehead atoms. The third-order valence-electron chi connectivity index (χ3n) is 4.77. The molecule has 1 aromatic heterocycles. The van der Waals surface area contributed by atoms with Crippen LogP contribution < -0.4 is 0 Å². The molecule has 128 valence electrons. The topological polar surface area (TPSA) is 51.4 Å². The average molecular weight is 331 g/mol. The molecule has 2 heterocycles. The van der Waals surface area contributed by atoms with Crippen LogP contribution in [-0.4, -0.2) is 34.3 Å². The monoisotopic (exact) mass is 331 g/mol. The number of nitrogens with zero attached hydrogens (tertiary/aromatic N) is 3. The quantitative estimate of drug-likeness (QED) is 0.813. The van der Waals surface area contributed by atoms with Gasteiger partial charge in [-0.05, 0) is 43.4 Å². The standard InChI is InChI=1S/C18H22FN3O2/c19-15-5-1-13(2-6-15)11-22(16-7-9-23-10-8-16)12-17-20-18(21-24-17)14-3-4-14/h1-2,5-6,14,16H,3-4,7-12H2. The van der Waals surface area contributed by atoms with Crippen LogP contribution in [0.4, 0.5) is 4.39 Å². The summed E-state index contributed by atoms with van der Waals surface area (Å²) >= 11 is 0. The van der Waals surface area contributed by atoms with Crippen molar-refractivity contribution in [1.29, 1.82) is 0 Å². The Kier molecular flexibility index (Phi) is 4.58. The van der Waals surface area contributed by atoms with E-state index in [0.29, 0.717) is 24.4 Å². The van der Waals surface area contributed by atoms with Crippen molar-refractivity contribution < 1.29 is 13.7 Å². The summed E-state index contributed by atoms with van der Waals surface area (Å²) in [6.45, 7) is 2.93. The Morgan fingerprint density at radius 1 is 1.04 bits per heavy atom. The molecule has 24 heavy (non-hydrogen) atoms. The van der Waals surface area contributed by atoms with Gasteiger partial charge >= 0.3 is 0 Å². The van der Waals surface area contributed by atoms with Crippen molar-refractivity contribution in [1.82, 2.24) is 15.0 Å². The molecule has 2 aromatic rings. The third-order valence-corrected chi connectivity index (χ3v) is 4.77. The van der Waals surface area contributed by atoms with Gasteiger partial charge in [-0.25, -0.2) is 4.39 Å². The number of aromatic nitrogens is 2. The van der Waals surface area contributed by atoms with Crippen molar-refractivity contribution in [2.24, 2.45) is 0 Å². The normalized spacial score (nSPS) is 19.1. The molecule has 5 nitrogen and oxygen atoms in total. The van der Waals surface area contributed by atoms with Gasteiger partial charge in [0.1, 0.15) is 5.82 Å². The second-order valence-electron chi connectivity index (χ2n) is 6.70. The molecular weight excluding hydrogens is 309 g/mol. The van der Waals surface area contributed by atoms with E-state index < -0.39 is 0 Å². The molecule has 1 aromatic carbocycles. The van der Waals surface area contributed by atoms with Crippen LogP contribution in [0.25, 0.3) is 0 Å². The number of hydrogen-bond donors (Lipinski definition) is 0. The summed E-state index contributed by atoms with van der Waals surface area (Å²) in [7, 11) is 0. The Balaban J connectivity index is 1.48. The fourth-order valence-electron chi connectivity index (χ4n) is 3.20. The number of hydrogen-bond acceptors (Lipinski definition) is 5. The maximum atomic E-state index is 13.1. The molecule has 1 saturated heterocycles. The summed E-state index contributed by atoms with van der Waals surface area (Å²) in [5, 5.41) is 4.11. The van der Waals surface area contributed by atoms with E-state index in [-0.39, 0.29) is 5.82 Å². The molecule has 0 atom stereocenters. The molecule has 1 aliphatic carbocycles. The van der Waals surface area contributed by atoms with Crippen molar-refractivity contribution in [3.05, 3.63) is 47.4 Å². The molecule has 1 aliphatic heterocycles. The van der Waals surface area contributed by atoms with Gasteiger partial charge in [0.2, 0.25) is 5.89 Å². The Morgan fingerprint density at radius 2 is 1.79 bits per heavy atom. The van der Waals surface area contributed by atoms with Gasteiger partial charge in [0.25, 0.3) is 0 Å². The first kappa shape index (κ1) is 15.7. The molecule has 0 amide bonds. The summed E-state index contributed by atoms with van der Waals surface area (Å²) in [5.74, 6) is 1.81. The molecule has 0 N–H and O–H groups in total. The molecule has 4 rings (SSSR count). The SMILES string of the molecule is Fc1ccc(CN(Cc2nc(C3CC3)no2)C2CCOCC2)cc1. The Hall–Kier alpha value is -1.79. The van der Waals surface area contributed by atoms with E-state index in [1.54, 1.807) is 0 Å².